The summed E-state index contributed by atoms with van der Waals surface area (Å²) in [6.07, 6.45) is 1.04. The van der Waals surface area contributed by atoms with Gasteiger partial charge in [-0.2, -0.15) is 0 Å². The maximum atomic E-state index is 12.3. The standard InChI is InChI=1S/C15H18N2O4/c1-2-5-12(15(20)21)17-14(19)10-8-13(18)16-11-7-4-3-6-9(10)11/h3-4,6-7,10,12H,2,5,8H2,1H3,(H,16,18)(H,17,19)(H,20,21). The van der Waals surface area contributed by atoms with Crippen molar-refractivity contribution in [3.05, 3.63) is 29.8 Å². The van der Waals surface area contributed by atoms with Gasteiger partial charge >= 0.3 is 5.97 Å². The van der Waals surface area contributed by atoms with E-state index in [4.69, 9.17) is 5.11 Å². The molecule has 2 rings (SSSR count). The fraction of sp³-hybridized carbons (Fsp3) is 0.400. The van der Waals surface area contributed by atoms with Crippen LogP contribution in [0.3, 0.4) is 0 Å². The zero-order valence-corrected chi connectivity index (χ0v) is 11.8. The van der Waals surface area contributed by atoms with Crippen molar-refractivity contribution >= 4 is 23.5 Å². The van der Waals surface area contributed by atoms with E-state index in [1.54, 1.807) is 24.3 Å². The van der Waals surface area contributed by atoms with Gasteiger partial charge < -0.3 is 15.7 Å². The van der Waals surface area contributed by atoms with Gasteiger partial charge in [-0.25, -0.2) is 4.79 Å². The molecule has 0 aromatic heterocycles. The SMILES string of the molecule is CCCC(NC(=O)C1CC(=O)Nc2ccccc21)C(=O)O. The summed E-state index contributed by atoms with van der Waals surface area (Å²) in [7, 11) is 0. The quantitative estimate of drug-likeness (QED) is 0.765. The van der Waals surface area contributed by atoms with Crippen LogP contribution in [0.4, 0.5) is 5.69 Å². The van der Waals surface area contributed by atoms with Crippen LogP contribution in [0, 0.1) is 0 Å². The molecule has 1 heterocycles. The minimum Gasteiger partial charge on any atom is -0.480 e. The Kier molecular flexibility index (Phi) is 4.57. The highest BCUT2D eigenvalue weighted by atomic mass is 16.4. The molecule has 0 fully saturated rings. The van der Waals surface area contributed by atoms with Gasteiger partial charge in [0.2, 0.25) is 11.8 Å². The van der Waals surface area contributed by atoms with Gasteiger partial charge in [0.1, 0.15) is 6.04 Å². The summed E-state index contributed by atoms with van der Waals surface area (Å²) in [5.41, 5.74) is 1.33. The third-order valence-corrected chi connectivity index (χ3v) is 3.51. The predicted molar refractivity (Wildman–Crippen MR) is 76.9 cm³/mol. The number of fused-ring (bicyclic) bond motifs is 1. The van der Waals surface area contributed by atoms with Crippen molar-refractivity contribution in [2.24, 2.45) is 0 Å². The van der Waals surface area contributed by atoms with Gasteiger partial charge in [-0.05, 0) is 18.1 Å². The molecule has 2 unspecified atom stereocenters. The molecule has 1 aromatic carbocycles. The van der Waals surface area contributed by atoms with Crippen molar-refractivity contribution in [1.82, 2.24) is 5.32 Å². The average Bonchev–Trinajstić information content (AvgIpc) is 2.45. The Balaban J connectivity index is 2.19. The van der Waals surface area contributed by atoms with E-state index < -0.39 is 23.8 Å². The third kappa shape index (κ3) is 3.39. The number of carbonyl (C=O) groups excluding carboxylic acids is 2. The number of aliphatic carboxylic acids is 1. The highest BCUT2D eigenvalue weighted by Crippen LogP contribution is 2.32. The molecule has 0 saturated heterocycles. The first-order chi connectivity index (χ1) is 10.0. The lowest BCUT2D eigenvalue weighted by Crippen LogP contribution is -2.44. The number of anilines is 1. The number of carboxylic acids is 1. The van der Waals surface area contributed by atoms with Crippen molar-refractivity contribution in [3.8, 4) is 0 Å². The van der Waals surface area contributed by atoms with E-state index in [9.17, 15) is 14.4 Å². The van der Waals surface area contributed by atoms with Gasteiger partial charge in [0, 0.05) is 12.1 Å². The van der Waals surface area contributed by atoms with Crippen LogP contribution in [0.2, 0.25) is 0 Å². The summed E-state index contributed by atoms with van der Waals surface area (Å²) < 4.78 is 0. The molecule has 1 aromatic rings. The topological polar surface area (TPSA) is 95.5 Å². The van der Waals surface area contributed by atoms with Gasteiger partial charge in [0.25, 0.3) is 0 Å². The van der Waals surface area contributed by atoms with E-state index in [0.29, 0.717) is 18.5 Å². The molecule has 21 heavy (non-hydrogen) atoms. The molecule has 0 radical (unpaired) electrons. The maximum absolute atomic E-state index is 12.3. The number of carbonyl (C=O) groups is 3. The van der Waals surface area contributed by atoms with E-state index in [1.807, 2.05) is 6.92 Å². The predicted octanol–water partition coefficient (Wildman–Crippen LogP) is 1.48. The number of hydrogen-bond acceptors (Lipinski definition) is 3. The van der Waals surface area contributed by atoms with Gasteiger partial charge in [0.15, 0.2) is 0 Å². The third-order valence-electron chi connectivity index (χ3n) is 3.51. The first kappa shape index (κ1) is 15.0. The molecule has 0 saturated carbocycles. The molecule has 6 heteroatoms. The van der Waals surface area contributed by atoms with Crippen molar-refractivity contribution in [2.45, 2.75) is 38.1 Å². The molecule has 1 aliphatic heterocycles. The number of nitrogens with one attached hydrogen (secondary N) is 2. The maximum Gasteiger partial charge on any atom is 0.326 e. The Bertz CT molecular complexity index is 571. The van der Waals surface area contributed by atoms with Crippen molar-refractivity contribution in [1.29, 1.82) is 0 Å². The largest absolute Gasteiger partial charge is 0.480 e. The van der Waals surface area contributed by atoms with Crippen LogP contribution in [0.25, 0.3) is 0 Å². The minimum absolute atomic E-state index is 0.0291. The van der Waals surface area contributed by atoms with Crippen LogP contribution in [-0.2, 0) is 14.4 Å². The van der Waals surface area contributed by atoms with Crippen LogP contribution in [0.5, 0.6) is 0 Å². The number of rotatable bonds is 5. The lowest BCUT2D eigenvalue weighted by Gasteiger charge is -2.26. The fourth-order valence-electron chi connectivity index (χ4n) is 2.46. The van der Waals surface area contributed by atoms with Crippen LogP contribution in [-0.4, -0.2) is 28.9 Å². The second-order valence-corrected chi connectivity index (χ2v) is 5.08. The van der Waals surface area contributed by atoms with Crippen molar-refractivity contribution in [2.75, 3.05) is 5.32 Å². The molecule has 3 N–H and O–H groups in total. The van der Waals surface area contributed by atoms with E-state index in [2.05, 4.69) is 10.6 Å². The monoisotopic (exact) mass is 290 g/mol. The zero-order chi connectivity index (χ0) is 15.4. The van der Waals surface area contributed by atoms with Crippen LogP contribution in [0.1, 0.15) is 37.7 Å². The van der Waals surface area contributed by atoms with Crippen LogP contribution < -0.4 is 10.6 Å². The Hall–Kier alpha value is -2.37. The zero-order valence-electron chi connectivity index (χ0n) is 11.8. The van der Waals surface area contributed by atoms with Gasteiger partial charge in [-0.3, -0.25) is 9.59 Å². The number of amides is 2. The number of benzene rings is 1. The molecule has 2 atom stereocenters. The smallest absolute Gasteiger partial charge is 0.326 e. The second kappa shape index (κ2) is 6.39. The summed E-state index contributed by atoms with van der Waals surface area (Å²) in [5.74, 6) is -2.36. The molecule has 1 aliphatic rings. The molecule has 0 spiro atoms. The first-order valence-electron chi connectivity index (χ1n) is 6.95. The van der Waals surface area contributed by atoms with E-state index >= 15 is 0 Å². The highest BCUT2D eigenvalue weighted by molar-refractivity contribution is 6.01. The number of hydrogen-bond donors (Lipinski definition) is 3. The van der Waals surface area contributed by atoms with Crippen LogP contribution >= 0.6 is 0 Å². The van der Waals surface area contributed by atoms with Gasteiger partial charge in [-0.15, -0.1) is 0 Å². The highest BCUT2D eigenvalue weighted by Gasteiger charge is 2.32. The minimum atomic E-state index is -1.06. The molecule has 2 amide bonds. The Labute approximate surface area is 122 Å². The number of para-hydroxylation sites is 1. The van der Waals surface area contributed by atoms with Crippen molar-refractivity contribution in [3.63, 3.8) is 0 Å². The summed E-state index contributed by atoms with van der Waals surface area (Å²) in [6.45, 7) is 1.85. The summed E-state index contributed by atoms with van der Waals surface area (Å²) in [5, 5.41) is 14.3. The van der Waals surface area contributed by atoms with E-state index in [1.165, 1.54) is 0 Å². The van der Waals surface area contributed by atoms with E-state index in [0.717, 1.165) is 5.56 Å². The lowest BCUT2D eigenvalue weighted by molar-refractivity contribution is -0.142. The van der Waals surface area contributed by atoms with Crippen molar-refractivity contribution < 1.29 is 19.5 Å². The van der Waals surface area contributed by atoms with Gasteiger partial charge in [-0.1, -0.05) is 31.5 Å². The second-order valence-electron chi connectivity index (χ2n) is 5.08. The normalized spacial score (nSPS) is 18.3. The molecule has 6 nitrogen and oxygen atoms in total. The fourth-order valence-corrected chi connectivity index (χ4v) is 2.46. The molecular weight excluding hydrogens is 272 g/mol. The molecule has 112 valence electrons. The summed E-state index contributed by atoms with van der Waals surface area (Å²) in [6, 6.07) is 6.15. The molecule has 0 aliphatic carbocycles. The molecule has 0 bridgehead atoms. The average molecular weight is 290 g/mol. The Morgan fingerprint density at radius 3 is 2.81 bits per heavy atom. The Morgan fingerprint density at radius 1 is 1.43 bits per heavy atom. The molecular formula is C15H18N2O4. The Morgan fingerprint density at radius 2 is 2.14 bits per heavy atom. The van der Waals surface area contributed by atoms with E-state index in [-0.39, 0.29) is 12.3 Å². The number of carboxylic acid groups (broad SMARTS) is 1. The summed E-state index contributed by atoms with van der Waals surface area (Å²) in [4.78, 5) is 35.1. The summed E-state index contributed by atoms with van der Waals surface area (Å²) >= 11 is 0. The van der Waals surface area contributed by atoms with Crippen LogP contribution in [0.15, 0.2) is 24.3 Å². The van der Waals surface area contributed by atoms with Gasteiger partial charge in [0.05, 0.1) is 5.92 Å². The lowest BCUT2D eigenvalue weighted by atomic mass is 9.89. The first-order valence-corrected chi connectivity index (χ1v) is 6.95.